The van der Waals surface area contributed by atoms with E-state index in [1.165, 1.54) is 12.1 Å². The number of nitrogens with zero attached hydrogens (tertiary/aromatic N) is 3. The largest absolute Gasteiger partial charge is 0.322 e. The highest BCUT2D eigenvalue weighted by Crippen LogP contribution is 2.22. The van der Waals surface area contributed by atoms with Crippen molar-refractivity contribution in [2.45, 2.75) is 19.9 Å². The standard InChI is InChI=1S/C14H13ClFN3S/c1-9-13(20-8-17-9)7-19-12-6-10(16)2-3-11(12)18-14(19)4-5-15/h2-3,6,8H,4-5,7H2,1H3. The summed E-state index contributed by atoms with van der Waals surface area (Å²) >= 11 is 7.44. The molecule has 0 radical (unpaired) electrons. The van der Waals surface area contributed by atoms with E-state index in [-0.39, 0.29) is 5.82 Å². The summed E-state index contributed by atoms with van der Waals surface area (Å²) in [5.41, 5.74) is 4.43. The lowest BCUT2D eigenvalue weighted by Crippen LogP contribution is -2.06. The van der Waals surface area contributed by atoms with E-state index >= 15 is 0 Å². The molecule has 1 aromatic carbocycles. The molecule has 0 aliphatic rings. The molecule has 0 unspecified atom stereocenters. The van der Waals surface area contributed by atoms with Gasteiger partial charge < -0.3 is 4.57 Å². The Morgan fingerprint density at radius 1 is 1.40 bits per heavy atom. The number of rotatable bonds is 4. The molecule has 0 aliphatic carbocycles. The highest BCUT2D eigenvalue weighted by Gasteiger charge is 2.13. The fourth-order valence-electron chi connectivity index (χ4n) is 2.22. The van der Waals surface area contributed by atoms with Gasteiger partial charge in [0, 0.05) is 17.2 Å². The van der Waals surface area contributed by atoms with Crippen LogP contribution >= 0.6 is 22.9 Å². The van der Waals surface area contributed by atoms with Crippen LogP contribution in [0.4, 0.5) is 4.39 Å². The van der Waals surface area contributed by atoms with Gasteiger partial charge in [0.25, 0.3) is 0 Å². The summed E-state index contributed by atoms with van der Waals surface area (Å²) in [5.74, 6) is 1.12. The maximum absolute atomic E-state index is 13.5. The quantitative estimate of drug-likeness (QED) is 0.687. The maximum Gasteiger partial charge on any atom is 0.125 e. The number of thiazole rings is 1. The Bertz CT molecular complexity index is 750. The van der Waals surface area contributed by atoms with Gasteiger partial charge in [0.1, 0.15) is 11.6 Å². The molecule has 2 heterocycles. The summed E-state index contributed by atoms with van der Waals surface area (Å²) in [6.45, 7) is 2.63. The minimum atomic E-state index is -0.253. The first-order valence-electron chi connectivity index (χ1n) is 6.28. The number of imidazole rings is 1. The zero-order valence-corrected chi connectivity index (χ0v) is 12.5. The highest BCUT2D eigenvalue weighted by molar-refractivity contribution is 7.09. The second-order valence-corrected chi connectivity index (χ2v) is 5.86. The van der Waals surface area contributed by atoms with Crippen LogP contribution in [0.2, 0.25) is 0 Å². The molecular formula is C14H13ClFN3S. The lowest BCUT2D eigenvalue weighted by molar-refractivity contribution is 0.628. The average molecular weight is 310 g/mol. The van der Waals surface area contributed by atoms with E-state index in [9.17, 15) is 4.39 Å². The first kappa shape index (κ1) is 13.5. The Hall–Kier alpha value is -1.46. The van der Waals surface area contributed by atoms with Crippen LogP contribution in [0.1, 0.15) is 16.4 Å². The minimum absolute atomic E-state index is 0.253. The van der Waals surface area contributed by atoms with E-state index < -0.39 is 0 Å². The molecule has 20 heavy (non-hydrogen) atoms. The predicted octanol–water partition coefficient (Wildman–Crippen LogP) is 3.77. The third kappa shape index (κ3) is 2.43. The van der Waals surface area contributed by atoms with Crippen molar-refractivity contribution >= 4 is 34.0 Å². The zero-order chi connectivity index (χ0) is 14.1. The molecule has 0 atom stereocenters. The summed E-state index contributed by atoms with van der Waals surface area (Å²) in [5, 5.41) is 0. The van der Waals surface area contributed by atoms with Gasteiger partial charge in [-0.1, -0.05) is 0 Å². The van der Waals surface area contributed by atoms with E-state index in [1.807, 2.05) is 17.0 Å². The Balaban J connectivity index is 2.12. The van der Waals surface area contributed by atoms with Crippen LogP contribution in [-0.2, 0) is 13.0 Å². The first-order chi connectivity index (χ1) is 9.69. The van der Waals surface area contributed by atoms with Crippen LogP contribution < -0.4 is 0 Å². The Kier molecular flexibility index (Phi) is 3.72. The van der Waals surface area contributed by atoms with Gasteiger partial charge in [-0.15, -0.1) is 22.9 Å². The molecule has 3 rings (SSSR count). The van der Waals surface area contributed by atoms with E-state index in [1.54, 1.807) is 17.4 Å². The molecule has 3 nitrogen and oxygen atoms in total. The molecule has 0 aliphatic heterocycles. The highest BCUT2D eigenvalue weighted by atomic mass is 35.5. The van der Waals surface area contributed by atoms with Crippen LogP contribution in [0.25, 0.3) is 11.0 Å². The van der Waals surface area contributed by atoms with Gasteiger partial charge >= 0.3 is 0 Å². The third-order valence-electron chi connectivity index (χ3n) is 3.25. The van der Waals surface area contributed by atoms with Crippen molar-refractivity contribution in [3.63, 3.8) is 0 Å². The van der Waals surface area contributed by atoms with E-state index in [2.05, 4.69) is 9.97 Å². The van der Waals surface area contributed by atoms with Gasteiger partial charge in [-0.25, -0.2) is 14.4 Å². The molecule has 0 fully saturated rings. The number of benzene rings is 1. The van der Waals surface area contributed by atoms with Gasteiger partial charge in [-0.2, -0.15) is 0 Å². The Labute approximate surface area is 125 Å². The topological polar surface area (TPSA) is 30.7 Å². The number of alkyl halides is 1. The molecular weight excluding hydrogens is 297 g/mol. The fraction of sp³-hybridized carbons (Fsp3) is 0.286. The van der Waals surface area contributed by atoms with Crippen molar-refractivity contribution < 1.29 is 4.39 Å². The molecule has 6 heteroatoms. The fourth-order valence-corrected chi connectivity index (χ4v) is 3.15. The second kappa shape index (κ2) is 5.50. The average Bonchev–Trinajstić information content (AvgIpc) is 2.96. The van der Waals surface area contributed by atoms with E-state index in [0.29, 0.717) is 18.8 Å². The van der Waals surface area contributed by atoms with E-state index in [4.69, 9.17) is 11.6 Å². The Morgan fingerprint density at radius 3 is 2.95 bits per heavy atom. The summed E-state index contributed by atoms with van der Waals surface area (Å²) in [4.78, 5) is 9.96. The zero-order valence-electron chi connectivity index (χ0n) is 10.9. The van der Waals surface area contributed by atoms with Gasteiger partial charge in [0.2, 0.25) is 0 Å². The van der Waals surface area contributed by atoms with Crippen molar-refractivity contribution in [2.24, 2.45) is 0 Å². The number of aromatic nitrogens is 3. The normalized spacial score (nSPS) is 11.3. The van der Waals surface area contributed by atoms with Crippen molar-refractivity contribution in [3.05, 3.63) is 45.9 Å². The maximum atomic E-state index is 13.5. The number of halogens is 2. The van der Waals surface area contributed by atoms with Crippen LogP contribution in [-0.4, -0.2) is 20.4 Å². The van der Waals surface area contributed by atoms with Crippen molar-refractivity contribution in [2.75, 3.05) is 5.88 Å². The smallest absolute Gasteiger partial charge is 0.125 e. The molecule has 104 valence electrons. The second-order valence-electron chi connectivity index (χ2n) is 4.55. The van der Waals surface area contributed by atoms with Gasteiger partial charge in [-0.05, 0) is 25.1 Å². The number of aryl methyl sites for hydroxylation is 2. The predicted molar refractivity (Wildman–Crippen MR) is 80.1 cm³/mol. The minimum Gasteiger partial charge on any atom is -0.322 e. The summed E-state index contributed by atoms with van der Waals surface area (Å²) in [7, 11) is 0. The molecule has 0 amide bonds. The van der Waals surface area contributed by atoms with Crippen LogP contribution in [0.5, 0.6) is 0 Å². The molecule has 2 aromatic heterocycles. The molecule has 0 saturated heterocycles. The lowest BCUT2D eigenvalue weighted by Gasteiger charge is -2.07. The molecule has 0 spiro atoms. The van der Waals surface area contributed by atoms with Gasteiger partial charge in [0.05, 0.1) is 28.8 Å². The molecule has 0 N–H and O–H groups in total. The van der Waals surface area contributed by atoms with Gasteiger partial charge in [-0.3, -0.25) is 0 Å². The van der Waals surface area contributed by atoms with Gasteiger partial charge in [0.15, 0.2) is 0 Å². The number of hydrogen-bond donors (Lipinski definition) is 0. The monoisotopic (exact) mass is 309 g/mol. The van der Waals surface area contributed by atoms with Crippen LogP contribution in [0, 0.1) is 12.7 Å². The summed E-state index contributed by atoms with van der Waals surface area (Å²) < 4.78 is 15.5. The third-order valence-corrected chi connectivity index (χ3v) is 4.36. The molecule has 0 saturated carbocycles. The molecule has 0 bridgehead atoms. The summed E-state index contributed by atoms with van der Waals surface area (Å²) in [6.07, 6.45) is 0.662. The van der Waals surface area contributed by atoms with Crippen LogP contribution in [0.3, 0.4) is 0 Å². The van der Waals surface area contributed by atoms with Crippen molar-refractivity contribution in [1.82, 2.24) is 14.5 Å². The SMILES string of the molecule is Cc1ncsc1Cn1c(CCCl)nc2ccc(F)cc21. The van der Waals surface area contributed by atoms with Crippen molar-refractivity contribution in [3.8, 4) is 0 Å². The van der Waals surface area contributed by atoms with E-state index in [0.717, 1.165) is 27.4 Å². The number of hydrogen-bond acceptors (Lipinski definition) is 3. The summed E-state index contributed by atoms with van der Waals surface area (Å²) in [6, 6.07) is 4.66. The lowest BCUT2D eigenvalue weighted by atomic mass is 10.3. The Morgan fingerprint density at radius 2 is 2.25 bits per heavy atom. The molecule has 3 aromatic rings. The number of fused-ring (bicyclic) bond motifs is 1. The van der Waals surface area contributed by atoms with Crippen LogP contribution in [0.15, 0.2) is 23.7 Å². The first-order valence-corrected chi connectivity index (χ1v) is 7.70. The van der Waals surface area contributed by atoms with Crippen molar-refractivity contribution in [1.29, 1.82) is 0 Å².